The highest BCUT2D eigenvalue weighted by atomic mass is 19.1. The molecule has 1 heterocycles. The molecule has 43 heavy (non-hydrogen) atoms. The van der Waals surface area contributed by atoms with Gasteiger partial charge in [-0.2, -0.15) is 0 Å². The topological polar surface area (TPSA) is 145 Å². The first-order chi connectivity index (χ1) is 20.4. The van der Waals surface area contributed by atoms with Crippen LogP contribution in [0, 0.1) is 12.3 Å². The van der Waals surface area contributed by atoms with Crippen LogP contribution in [-0.4, -0.2) is 29.0 Å². The number of hydrogen-bond acceptors (Lipinski definition) is 6. The number of aryl methyl sites for hydroxylation is 1. The number of nitrogens with zero attached hydrogens (tertiary/aromatic N) is 1. The summed E-state index contributed by atoms with van der Waals surface area (Å²) in [4.78, 5) is 21.1. The summed E-state index contributed by atoms with van der Waals surface area (Å²) in [7, 11) is 0. The second-order valence-corrected chi connectivity index (χ2v) is 10.8. The van der Waals surface area contributed by atoms with E-state index in [2.05, 4.69) is 22.5 Å². The maximum Gasteiger partial charge on any atom is 0.269 e. The summed E-state index contributed by atoms with van der Waals surface area (Å²) < 4.78 is 15.1. The second kappa shape index (κ2) is 14.0. The monoisotopic (exact) mass is 585 g/mol. The lowest BCUT2D eigenvalue weighted by atomic mass is 10.0. The Hall–Kier alpha value is -4.66. The molecule has 8 nitrogen and oxygen atoms in total. The fraction of sp³-hybridized carbons (Fsp3) is 0.324. The fourth-order valence-corrected chi connectivity index (χ4v) is 4.92. The zero-order chi connectivity index (χ0) is 32.0. The van der Waals surface area contributed by atoms with E-state index in [1.54, 1.807) is 19.9 Å². The number of hydrogen-bond donors (Lipinski definition) is 6. The molecule has 1 atom stereocenters. The van der Waals surface area contributed by atoms with Gasteiger partial charge in [0.2, 0.25) is 0 Å². The molecule has 3 rings (SSSR count). The molecule has 1 unspecified atom stereocenters. The number of carbonyl (C=O) groups is 1. The van der Waals surface area contributed by atoms with E-state index in [4.69, 9.17) is 21.9 Å². The third-order valence-electron chi connectivity index (χ3n) is 7.84. The predicted octanol–water partition coefficient (Wildman–Crippen LogP) is 5.64. The highest BCUT2D eigenvalue weighted by molar-refractivity contribution is 6.17. The normalized spacial score (nSPS) is 15.1. The molecule has 228 valence electrons. The van der Waals surface area contributed by atoms with Gasteiger partial charge < -0.3 is 32.5 Å². The third-order valence-corrected chi connectivity index (χ3v) is 7.84. The molecule has 0 radical (unpaired) electrons. The number of fused-ring (bicyclic) bond motifs is 1. The maximum absolute atomic E-state index is 15.1. The summed E-state index contributed by atoms with van der Waals surface area (Å²) in [5.74, 6) is -1.07. The van der Waals surface area contributed by atoms with E-state index in [0.29, 0.717) is 40.0 Å². The van der Waals surface area contributed by atoms with E-state index in [-0.39, 0.29) is 11.5 Å². The quantitative estimate of drug-likeness (QED) is 0.0982. The first-order valence-electron chi connectivity index (χ1n) is 14.5. The van der Waals surface area contributed by atoms with E-state index in [1.165, 1.54) is 12.3 Å². The lowest BCUT2D eigenvalue weighted by Gasteiger charge is -2.24. The van der Waals surface area contributed by atoms with Gasteiger partial charge in [-0.1, -0.05) is 43.2 Å². The van der Waals surface area contributed by atoms with E-state index in [9.17, 15) is 4.79 Å². The number of aliphatic imine (C=N–C) groups is 1. The molecule has 8 N–H and O–H groups in total. The molecular weight excluding hydrogens is 541 g/mol. The Bertz CT molecular complexity index is 1780. The van der Waals surface area contributed by atoms with Gasteiger partial charge in [0.1, 0.15) is 12.0 Å². The number of primary amides is 1. The van der Waals surface area contributed by atoms with Crippen molar-refractivity contribution in [2.75, 3.05) is 11.1 Å². The van der Waals surface area contributed by atoms with E-state index < -0.39 is 12.1 Å². The lowest BCUT2D eigenvalue weighted by molar-refractivity contribution is -0.113. The highest BCUT2D eigenvalue weighted by Gasteiger charge is 2.19. The average Bonchev–Trinajstić information content (AvgIpc) is 3.37. The molecule has 0 saturated heterocycles. The number of amides is 1. The van der Waals surface area contributed by atoms with Crippen LogP contribution in [0.2, 0.25) is 0 Å². The first-order valence-corrected chi connectivity index (χ1v) is 14.5. The zero-order valence-electron chi connectivity index (χ0n) is 26.4. The van der Waals surface area contributed by atoms with Crippen molar-refractivity contribution < 1.29 is 9.18 Å². The van der Waals surface area contributed by atoms with Gasteiger partial charge in [0.25, 0.3) is 5.91 Å². The number of halogens is 1. The number of nitrogens with two attached hydrogens (primary N) is 2. The summed E-state index contributed by atoms with van der Waals surface area (Å²) in [5, 5.41) is 16.5. The molecule has 0 bridgehead atoms. The van der Waals surface area contributed by atoms with Crippen molar-refractivity contribution in [2.24, 2.45) is 10.7 Å². The summed E-state index contributed by atoms with van der Waals surface area (Å²) in [6.07, 6.45) is 3.37. The molecule has 0 aliphatic heterocycles. The van der Waals surface area contributed by atoms with Gasteiger partial charge in [-0.25, -0.2) is 9.38 Å². The van der Waals surface area contributed by atoms with Crippen LogP contribution < -0.4 is 32.7 Å². The fourth-order valence-electron chi connectivity index (χ4n) is 4.92. The van der Waals surface area contributed by atoms with Crippen molar-refractivity contribution in [3.05, 3.63) is 80.8 Å². The van der Waals surface area contributed by atoms with E-state index in [0.717, 1.165) is 44.9 Å². The van der Waals surface area contributed by atoms with Crippen LogP contribution >= 0.6 is 0 Å². The van der Waals surface area contributed by atoms with Crippen LogP contribution in [0.4, 0.5) is 15.8 Å². The summed E-state index contributed by atoms with van der Waals surface area (Å²) >= 11 is 0. The van der Waals surface area contributed by atoms with Crippen LogP contribution in [0.15, 0.2) is 58.5 Å². The summed E-state index contributed by atoms with van der Waals surface area (Å²) in [5.41, 5.74) is 19.8. The standard InChI is InChI=1S/C34H44FN7O/c1-9-19(5)21(7)40-34(25(35)11-3)42-28-16-18(4)12-13-23(28)22(8)39-32(33(38)43)31-29(20(6)10-2)30-24(17-36)26(37)14-15-27(30)41-31/h11-17,34,36,40-42H,9-10,37H2,1-8H3,(H2,38,43)/b21-19+,25-11+,29-20+,32-31+,36-17?,39-22?. The number of benzene rings is 2. The molecule has 0 spiro atoms. The molecule has 3 aromatic rings. The van der Waals surface area contributed by atoms with Crippen molar-refractivity contribution in [1.29, 1.82) is 5.41 Å². The lowest BCUT2D eigenvalue weighted by Crippen LogP contribution is -2.36. The van der Waals surface area contributed by atoms with Crippen LogP contribution in [0.25, 0.3) is 22.2 Å². The molecule has 2 aromatic carbocycles. The van der Waals surface area contributed by atoms with Crippen molar-refractivity contribution in [2.45, 2.75) is 74.4 Å². The largest absolute Gasteiger partial charge is 0.398 e. The predicted molar refractivity (Wildman–Crippen MR) is 179 cm³/mol. The van der Waals surface area contributed by atoms with Crippen molar-refractivity contribution in [3.8, 4) is 0 Å². The second-order valence-electron chi connectivity index (χ2n) is 10.8. The Labute approximate surface area is 253 Å². The maximum atomic E-state index is 15.1. The minimum Gasteiger partial charge on any atom is -0.398 e. The Kier molecular flexibility index (Phi) is 10.7. The van der Waals surface area contributed by atoms with Gasteiger partial charge in [-0.3, -0.25) is 4.79 Å². The van der Waals surface area contributed by atoms with Gasteiger partial charge >= 0.3 is 0 Å². The number of allylic oxidation sites excluding steroid dienone is 3. The summed E-state index contributed by atoms with van der Waals surface area (Å²) in [6.45, 7) is 15.4. The number of aromatic amines is 1. The molecule has 0 aliphatic carbocycles. The molecule has 1 aromatic heterocycles. The third kappa shape index (κ3) is 7.05. The molecular formula is C34H44FN7O. The number of nitrogens with one attached hydrogen (secondary N) is 4. The molecule has 0 fully saturated rings. The Morgan fingerprint density at radius 2 is 1.84 bits per heavy atom. The van der Waals surface area contributed by atoms with Gasteiger partial charge in [0.15, 0.2) is 5.70 Å². The van der Waals surface area contributed by atoms with Crippen LogP contribution in [0.5, 0.6) is 0 Å². The molecule has 1 amide bonds. The Balaban J connectivity index is 2.32. The van der Waals surface area contributed by atoms with Gasteiger partial charge in [0, 0.05) is 56.2 Å². The van der Waals surface area contributed by atoms with Crippen LogP contribution in [-0.2, 0) is 4.79 Å². The van der Waals surface area contributed by atoms with E-state index >= 15 is 4.39 Å². The smallest absolute Gasteiger partial charge is 0.269 e. The van der Waals surface area contributed by atoms with Crippen molar-refractivity contribution in [1.82, 2.24) is 10.3 Å². The number of rotatable bonds is 11. The number of aromatic nitrogens is 1. The minimum atomic E-state index is -0.813. The van der Waals surface area contributed by atoms with Crippen molar-refractivity contribution >= 4 is 51.4 Å². The number of H-pyrrole nitrogens is 1. The van der Waals surface area contributed by atoms with Crippen LogP contribution in [0.3, 0.4) is 0 Å². The van der Waals surface area contributed by atoms with E-state index in [1.807, 2.05) is 58.9 Å². The Morgan fingerprint density at radius 1 is 1.14 bits per heavy atom. The molecule has 0 saturated carbocycles. The Morgan fingerprint density at radius 3 is 2.42 bits per heavy atom. The molecule has 9 heteroatoms. The number of anilines is 2. The zero-order valence-corrected chi connectivity index (χ0v) is 26.4. The summed E-state index contributed by atoms with van der Waals surface area (Å²) in [6, 6.07) is 9.30. The van der Waals surface area contributed by atoms with Gasteiger partial charge in [-0.15, -0.1) is 0 Å². The first kappa shape index (κ1) is 32.8. The number of carbonyl (C=O) groups excluding carboxylic acids is 1. The molecule has 0 aliphatic rings. The number of nitrogen functional groups attached to an aromatic ring is 1. The van der Waals surface area contributed by atoms with Gasteiger partial charge in [0.05, 0.1) is 5.35 Å². The van der Waals surface area contributed by atoms with Crippen LogP contribution in [0.1, 0.15) is 78.0 Å². The SMILES string of the molecule is C/C=C(/F)C(N/C(C)=C(\C)CC)Nc1cc(C)ccc1C(C)=N/C(C(N)=O)=c1/[nH]c2ccc(N)c(C=N)c2/c1=C(/C)CC. The van der Waals surface area contributed by atoms with Crippen molar-refractivity contribution in [3.63, 3.8) is 0 Å². The highest BCUT2D eigenvalue weighted by Crippen LogP contribution is 2.23. The minimum absolute atomic E-state index is 0.0455. The average molecular weight is 586 g/mol. The van der Waals surface area contributed by atoms with Gasteiger partial charge in [-0.05, 0) is 78.1 Å².